The first kappa shape index (κ1) is 21.8. The van der Waals surface area contributed by atoms with Crippen LogP contribution in [0.2, 0.25) is 0 Å². The zero-order valence-electron chi connectivity index (χ0n) is 18.5. The molecule has 0 N–H and O–H groups in total. The van der Waals surface area contributed by atoms with Gasteiger partial charge in [0.2, 0.25) is 6.79 Å². The molecule has 1 aromatic heterocycles. The lowest BCUT2D eigenvalue weighted by atomic mass is 10.1. The van der Waals surface area contributed by atoms with Crippen LogP contribution in [-0.2, 0) is 11.3 Å². The summed E-state index contributed by atoms with van der Waals surface area (Å²) in [5.41, 5.74) is 2.72. The van der Waals surface area contributed by atoms with E-state index in [2.05, 4.69) is 22.9 Å². The number of hydrogen-bond acceptors (Lipinski definition) is 6. The van der Waals surface area contributed by atoms with E-state index in [1.165, 1.54) is 11.8 Å². The van der Waals surface area contributed by atoms with Crippen LogP contribution < -0.4 is 19.1 Å². The molecule has 0 bridgehead atoms. The van der Waals surface area contributed by atoms with Gasteiger partial charge in [0.05, 0.1) is 17.1 Å². The van der Waals surface area contributed by atoms with Crippen molar-refractivity contribution in [3.63, 3.8) is 0 Å². The summed E-state index contributed by atoms with van der Waals surface area (Å²) in [5.74, 6) is 1.97. The van der Waals surface area contributed by atoms with Crippen molar-refractivity contribution in [3.05, 3.63) is 89.5 Å². The molecule has 2 aliphatic rings. The quantitative estimate of drug-likeness (QED) is 0.244. The summed E-state index contributed by atoms with van der Waals surface area (Å²) in [4.78, 5) is 15.5. The number of hydrogen-bond donors (Lipinski definition) is 0. The van der Waals surface area contributed by atoms with Gasteiger partial charge in [0.1, 0.15) is 12.4 Å². The highest BCUT2D eigenvalue weighted by molar-refractivity contribution is 8.27. The number of thiocarbonyl (C=S) groups is 1. The summed E-state index contributed by atoms with van der Waals surface area (Å²) in [5, 5.41) is 1.07. The highest BCUT2D eigenvalue weighted by Gasteiger charge is 2.34. The Bertz CT molecular complexity index is 1480. The van der Waals surface area contributed by atoms with Gasteiger partial charge in [-0.05, 0) is 36.4 Å². The standard InChI is InChI=1S/C27H20N2O4S2/c30-26-25(35-27(34)29(26)19-10-11-23-24(15-19)33-17-32-23)14-18-16-28(22-9-5-4-8-21(18)22)12-13-31-20-6-2-1-3-7-20/h1-11,14-16H,12-13,17H2/b25-14-. The summed E-state index contributed by atoms with van der Waals surface area (Å²) in [6, 6.07) is 23.3. The molecule has 1 amide bonds. The van der Waals surface area contributed by atoms with E-state index in [9.17, 15) is 4.79 Å². The number of rotatable bonds is 6. The fraction of sp³-hybridized carbons (Fsp3) is 0.111. The van der Waals surface area contributed by atoms with Crippen LogP contribution in [0.5, 0.6) is 17.2 Å². The third-order valence-electron chi connectivity index (χ3n) is 5.86. The second-order valence-electron chi connectivity index (χ2n) is 8.01. The average Bonchev–Trinajstić information content (AvgIpc) is 3.56. The fourth-order valence-electron chi connectivity index (χ4n) is 4.21. The van der Waals surface area contributed by atoms with Crippen molar-refractivity contribution in [3.8, 4) is 17.2 Å². The lowest BCUT2D eigenvalue weighted by Gasteiger charge is -2.14. The smallest absolute Gasteiger partial charge is 0.270 e. The van der Waals surface area contributed by atoms with Crippen molar-refractivity contribution in [1.82, 2.24) is 4.57 Å². The first-order chi connectivity index (χ1) is 17.2. The summed E-state index contributed by atoms with van der Waals surface area (Å²) in [7, 11) is 0. The predicted octanol–water partition coefficient (Wildman–Crippen LogP) is 5.85. The maximum absolute atomic E-state index is 13.3. The number of nitrogens with zero attached hydrogens (tertiary/aromatic N) is 2. The maximum atomic E-state index is 13.3. The minimum Gasteiger partial charge on any atom is -0.492 e. The number of aromatic nitrogens is 1. The van der Waals surface area contributed by atoms with Crippen LogP contribution in [0.4, 0.5) is 5.69 Å². The molecular weight excluding hydrogens is 480 g/mol. The predicted molar refractivity (Wildman–Crippen MR) is 142 cm³/mol. The average molecular weight is 501 g/mol. The Morgan fingerprint density at radius 2 is 1.80 bits per heavy atom. The molecule has 1 saturated heterocycles. The van der Waals surface area contributed by atoms with E-state index in [0.717, 1.165) is 22.2 Å². The Morgan fingerprint density at radius 3 is 2.69 bits per heavy atom. The number of carbonyl (C=O) groups is 1. The molecule has 8 heteroatoms. The van der Waals surface area contributed by atoms with Gasteiger partial charge in [-0.15, -0.1) is 0 Å². The molecule has 0 atom stereocenters. The maximum Gasteiger partial charge on any atom is 0.270 e. The van der Waals surface area contributed by atoms with E-state index in [1.54, 1.807) is 17.0 Å². The lowest BCUT2D eigenvalue weighted by molar-refractivity contribution is -0.113. The molecule has 6 nitrogen and oxygen atoms in total. The van der Waals surface area contributed by atoms with Crippen molar-refractivity contribution in [2.45, 2.75) is 6.54 Å². The van der Waals surface area contributed by atoms with Crippen molar-refractivity contribution >= 4 is 56.9 Å². The fourth-order valence-corrected chi connectivity index (χ4v) is 5.50. The SMILES string of the molecule is O=C1/C(=C/c2cn(CCOc3ccccc3)c3ccccc23)SC(=S)N1c1ccc2c(c1)OCO2. The summed E-state index contributed by atoms with van der Waals surface area (Å²) >= 11 is 6.86. The Kier molecular flexibility index (Phi) is 5.67. The van der Waals surface area contributed by atoms with Crippen LogP contribution in [0.3, 0.4) is 0 Å². The van der Waals surface area contributed by atoms with Gasteiger partial charge in [0.25, 0.3) is 5.91 Å². The van der Waals surface area contributed by atoms with Gasteiger partial charge < -0.3 is 18.8 Å². The molecule has 0 radical (unpaired) electrons. The molecule has 0 aliphatic carbocycles. The molecule has 0 saturated carbocycles. The van der Waals surface area contributed by atoms with E-state index >= 15 is 0 Å². The second-order valence-corrected chi connectivity index (χ2v) is 9.69. The number of ether oxygens (including phenoxy) is 3. The lowest BCUT2D eigenvalue weighted by Crippen LogP contribution is -2.27. The Hall–Kier alpha value is -3.75. The van der Waals surface area contributed by atoms with Crippen LogP contribution in [0.15, 0.2) is 83.9 Å². The van der Waals surface area contributed by atoms with Crippen molar-refractivity contribution in [2.24, 2.45) is 0 Å². The molecule has 0 unspecified atom stereocenters. The molecular formula is C27H20N2O4S2. The van der Waals surface area contributed by atoms with E-state index in [4.69, 9.17) is 26.4 Å². The van der Waals surface area contributed by atoms with Gasteiger partial charge in [-0.1, -0.05) is 60.4 Å². The van der Waals surface area contributed by atoms with Crippen LogP contribution in [0.1, 0.15) is 5.56 Å². The number of amides is 1. The molecule has 174 valence electrons. The number of thioether (sulfide) groups is 1. The van der Waals surface area contributed by atoms with Crippen molar-refractivity contribution in [2.75, 3.05) is 18.3 Å². The van der Waals surface area contributed by atoms with Crippen LogP contribution in [-0.4, -0.2) is 28.2 Å². The van der Waals surface area contributed by atoms with Crippen LogP contribution in [0.25, 0.3) is 17.0 Å². The van der Waals surface area contributed by atoms with E-state index in [0.29, 0.717) is 39.6 Å². The molecule has 1 fully saturated rings. The Labute approximate surface area is 211 Å². The molecule has 35 heavy (non-hydrogen) atoms. The number of benzene rings is 3. The third-order valence-corrected chi connectivity index (χ3v) is 7.16. The van der Waals surface area contributed by atoms with Gasteiger partial charge in [-0.3, -0.25) is 9.69 Å². The summed E-state index contributed by atoms with van der Waals surface area (Å²) < 4.78 is 19.4. The first-order valence-electron chi connectivity index (χ1n) is 11.1. The van der Waals surface area contributed by atoms with E-state index in [1.807, 2.05) is 54.6 Å². The van der Waals surface area contributed by atoms with Gasteiger partial charge in [-0.2, -0.15) is 0 Å². The minimum atomic E-state index is -0.150. The van der Waals surface area contributed by atoms with Crippen LogP contribution >= 0.6 is 24.0 Å². The zero-order chi connectivity index (χ0) is 23.8. The number of carbonyl (C=O) groups excluding carboxylic acids is 1. The molecule has 2 aliphatic heterocycles. The number of fused-ring (bicyclic) bond motifs is 2. The first-order valence-corrected chi connectivity index (χ1v) is 12.3. The molecule has 4 aromatic rings. The minimum absolute atomic E-state index is 0.150. The topological polar surface area (TPSA) is 52.9 Å². The van der Waals surface area contributed by atoms with E-state index in [-0.39, 0.29) is 12.7 Å². The highest BCUT2D eigenvalue weighted by Crippen LogP contribution is 2.41. The van der Waals surface area contributed by atoms with Gasteiger partial charge >= 0.3 is 0 Å². The molecule has 6 rings (SSSR count). The van der Waals surface area contributed by atoms with Gasteiger partial charge in [0.15, 0.2) is 15.8 Å². The Morgan fingerprint density at radius 1 is 1.00 bits per heavy atom. The second kappa shape index (κ2) is 9.13. The van der Waals surface area contributed by atoms with Gasteiger partial charge in [-0.25, -0.2) is 0 Å². The molecule has 3 heterocycles. The highest BCUT2D eigenvalue weighted by atomic mass is 32.2. The number of para-hydroxylation sites is 2. The molecule has 0 spiro atoms. The van der Waals surface area contributed by atoms with Gasteiger partial charge in [0, 0.05) is 28.7 Å². The monoisotopic (exact) mass is 500 g/mol. The number of anilines is 1. The Balaban J connectivity index is 1.27. The summed E-state index contributed by atoms with van der Waals surface area (Å²) in [6.07, 6.45) is 3.98. The molecule has 3 aromatic carbocycles. The summed E-state index contributed by atoms with van der Waals surface area (Å²) in [6.45, 7) is 1.40. The zero-order valence-corrected chi connectivity index (χ0v) is 20.2. The largest absolute Gasteiger partial charge is 0.492 e. The normalized spacial score (nSPS) is 16.0. The third kappa shape index (κ3) is 4.15. The van der Waals surface area contributed by atoms with Crippen molar-refractivity contribution < 1.29 is 19.0 Å². The van der Waals surface area contributed by atoms with E-state index < -0.39 is 0 Å². The van der Waals surface area contributed by atoms with Crippen molar-refractivity contribution in [1.29, 1.82) is 0 Å². The van der Waals surface area contributed by atoms with Crippen LogP contribution in [0, 0.1) is 0 Å².